The summed E-state index contributed by atoms with van der Waals surface area (Å²) in [7, 11) is -0.706. The monoisotopic (exact) mass is 253 g/mol. The molecule has 0 unspecified atom stereocenters. The first-order chi connectivity index (χ1) is 8.24. The van der Waals surface area contributed by atoms with Crippen LogP contribution in [0.1, 0.15) is 12.8 Å². The van der Waals surface area contributed by atoms with E-state index in [2.05, 4.69) is 5.32 Å². The van der Waals surface area contributed by atoms with E-state index < -0.39 is 16.9 Å². The second-order valence-electron chi connectivity index (χ2n) is 3.97. The summed E-state index contributed by atoms with van der Waals surface area (Å²) in [5.41, 5.74) is 0. The fraction of sp³-hybridized carbons (Fsp3) is 0.417. The lowest BCUT2D eigenvalue weighted by Crippen LogP contribution is -2.40. The van der Waals surface area contributed by atoms with Gasteiger partial charge in [0.1, 0.15) is 5.75 Å². The molecule has 1 heterocycles. The van der Waals surface area contributed by atoms with Crippen molar-refractivity contribution >= 4 is 16.9 Å². The fourth-order valence-corrected chi connectivity index (χ4v) is 3.03. The van der Waals surface area contributed by atoms with Crippen LogP contribution in [0.2, 0.25) is 0 Å². The number of carbonyl (C=O) groups is 1. The third kappa shape index (κ3) is 3.85. The van der Waals surface area contributed by atoms with Crippen LogP contribution in [0.15, 0.2) is 30.3 Å². The normalized spacial score (nSPS) is 24.0. The second-order valence-corrected chi connectivity index (χ2v) is 5.67. The van der Waals surface area contributed by atoms with Crippen molar-refractivity contribution in [2.45, 2.75) is 18.9 Å². The largest absolute Gasteiger partial charge is 0.412 e. The zero-order chi connectivity index (χ0) is 12.1. The topological polar surface area (TPSA) is 55.4 Å². The quantitative estimate of drug-likeness (QED) is 0.872. The number of hydrogen-bond donors (Lipinski definition) is 1. The first-order valence-electron chi connectivity index (χ1n) is 5.62. The average Bonchev–Trinajstić information content (AvgIpc) is 2.33. The van der Waals surface area contributed by atoms with Gasteiger partial charge in [-0.05, 0) is 25.0 Å². The van der Waals surface area contributed by atoms with Crippen LogP contribution >= 0.6 is 0 Å². The summed E-state index contributed by atoms with van der Waals surface area (Å²) in [6.07, 6.45) is 1.08. The van der Waals surface area contributed by atoms with E-state index in [4.69, 9.17) is 4.74 Å². The van der Waals surface area contributed by atoms with Crippen LogP contribution in [0.25, 0.3) is 0 Å². The van der Waals surface area contributed by atoms with E-state index in [0.717, 1.165) is 12.8 Å². The van der Waals surface area contributed by atoms with E-state index in [0.29, 0.717) is 17.3 Å². The van der Waals surface area contributed by atoms with Gasteiger partial charge in [-0.2, -0.15) is 0 Å². The van der Waals surface area contributed by atoms with Crippen molar-refractivity contribution in [3.05, 3.63) is 30.3 Å². The number of hydrogen-bond acceptors (Lipinski definition) is 3. The van der Waals surface area contributed by atoms with Gasteiger partial charge in [0.15, 0.2) is 0 Å². The average molecular weight is 253 g/mol. The number of nitrogens with one attached hydrogen (secondary N) is 1. The standard InChI is InChI=1S/C12H15NO3S/c14-12(16-11-4-2-1-3-5-11)13-10-6-8-17(15)9-7-10/h1-5,10H,6-9H2,(H,13,14). The molecule has 1 N–H and O–H groups in total. The molecule has 0 bridgehead atoms. The molecular formula is C12H15NO3S. The summed E-state index contributed by atoms with van der Waals surface area (Å²) >= 11 is 0. The highest BCUT2D eigenvalue weighted by atomic mass is 32.2. The van der Waals surface area contributed by atoms with Gasteiger partial charge in [-0.1, -0.05) is 18.2 Å². The molecule has 5 heteroatoms. The molecule has 1 aliphatic heterocycles. The summed E-state index contributed by atoms with van der Waals surface area (Å²) in [5, 5.41) is 2.79. The molecule has 1 amide bonds. The smallest absolute Gasteiger partial charge is 0.410 e. The predicted octanol–water partition coefficient (Wildman–Crippen LogP) is 1.69. The van der Waals surface area contributed by atoms with Gasteiger partial charge in [0.05, 0.1) is 0 Å². The van der Waals surface area contributed by atoms with Crippen LogP contribution in [0.5, 0.6) is 5.75 Å². The second kappa shape index (κ2) is 5.82. The van der Waals surface area contributed by atoms with Crippen LogP contribution < -0.4 is 10.1 Å². The number of carbonyl (C=O) groups excluding carboxylic acids is 1. The van der Waals surface area contributed by atoms with Gasteiger partial charge in [-0.25, -0.2) is 4.79 Å². The summed E-state index contributed by atoms with van der Waals surface area (Å²) in [4.78, 5) is 11.6. The summed E-state index contributed by atoms with van der Waals surface area (Å²) < 4.78 is 16.3. The Hall–Kier alpha value is -1.36. The first kappa shape index (κ1) is 12.1. The molecule has 0 atom stereocenters. The van der Waals surface area contributed by atoms with Crippen LogP contribution in [-0.4, -0.2) is 27.8 Å². The molecule has 0 aliphatic carbocycles. The van der Waals surface area contributed by atoms with Gasteiger partial charge in [0, 0.05) is 28.3 Å². The molecule has 1 aromatic carbocycles. The number of ether oxygens (including phenoxy) is 1. The minimum atomic E-state index is -0.706. The number of amides is 1. The molecule has 4 nitrogen and oxygen atoms in total. The number of rotatable bonds is 2. The molecule has 1 saturated heterocycles. The molecule has 17 heavy (non-hydrogen) atoms. The summed E-state index contributed by atoms with van der Waals surface area (Å²) in [6.45, 7) is 0. The Balaban J connectivity index is 1.80. The van der Waals surface area contributed by atoms with Gasteiger partial charge in [-0.3, -0.25) is 4.21 Å². The lowest BCUT2D eigenvalue weighted by atomic mass is 10.2. The van der Waals surface area contributed by atoms with Crippen LogP contribution in [-0.2, 0) is 10.8 Å². The van der Waals surface area contributed by atoms with Gasteiger partial charge < -0.3 is 10.1 Å². The van der Waals surface area contributed by atoms with Gasteiger partial charge in [0.25, 0.3) is 0 Å². The van der Waals surface area contributed by atoms with Crippen molar-refractivity contribution in [3.63, 3.8) is 0 Å². The first-order valence-corrected chi connectivity index (χ1v) is 7.11. The fourth-order valence-electron chi connectivity index (χ4n) is 1.73. The van der Waals surface area contributed by atoms with E-state index in [-0.39, 0.29) is 6.04 Å². The zero-order valence-corrected chi connectivity index (χ0v) is 10.2. The highest BCUT2D eigenvalue weighted by molar-refractivity contribution is 7.85. The van der Waals surface area contributed by atoms with Crippen molar-refractivity contribution < 1.29 is 13.7 Å². The van der Waals surface area contributed by atoms with E-state index in [1.165, 1.54) is 0 Å². The van der Waals surface area contributed by atoms with Gasteiger partial charge in [-0.15, -0.1) is 0 Å². The van der Waals surface area contributed by atoms with Crippen LogP contribution in [0.3, 0.4) is 0 Å². The lowest BCUT2D eigenvalue weighted by molar-refractivity contribution is 0.195. The van der Waals surface area contributed by atoms with E-state index >= 15 is 0 Å². The molecule has 0 spiro atoms. The van der Waals surface area contributed by atoms with Crippen molar-refractivity contribution in [1.82, 2.24) is 5.32 Å². The third-order valence-electron chi connectivity index (χ3n) is 2.66. The Labute approximate surface area is 103 Å². The van der Waals surface area contributed by atoms with Crippen LogP contribution in [0, 0.1) is 0 Å². The summed E-state index contributed by atoms with van der Waals surface area (Å²) in [5.74, 6) is 1.86. The molecule has 0 radical (unpaired) electrons. The van der Waals surface area contributed by atoms with E-state index in [1.807, 2.05) is 18.2 Å². The molecule has 1 aromatic rings. The van der Waals surface area contributed by atoms with Crippen molar-refractivity contribution in [1.29, 1.82) is 0 Å². The minimum Gasteiger partial charge on any atom is -0.410 e. The maximum Gasteiger partial charge on any atom is 0.412 e. The Morgan fingerprint density at radius 2 is 1.88 bits per heavy atom. The maximum absolute atomic E-state index is 11.6. The predicted molar refractivity (Wildman–Crippen MR) is 66.5 cm³/mol. The third-order valence-corrected chi connectivity index (χ3v) is 4.05. The minimum absolute atomic E-state index is 0.0870. The molecule has 0 aromatic heterocycles. The van der Waals surface area contributed by atoms with Gasteiger partial charge in [0.2, 0.25) is 0 Å². The number of benzene rings is 1. The van der Waals surface area contributed by atoms with Gasteiger partial charge >= 0.3 is 6.09 Å². The highest BCUT2D eigenvalue weighted by Crippen LogP contribution is 2.11. The Morgan fingerprint density at radius 1 is 1.24 bits per heavy atom. The zero-order valence-electron chi connectivity index (χ0n) is 9.43. The lowest BCUT2D eigenvalue weighted by Gasteiger charge is -2.21. The summed E-state index contributed by atoms with van der Waals surface area (Å²) in [6, 6.07) is 9.04. The molecular weight excluding hydrogens is 238 g/mol. The molecule has 2 rings (SSSR count). The molecule has 0 saturated carbocycles. The Kier molecular flexibility index (Phi) is 4.14. The van der Waals surface area contributed by atoms with E-state index in [1.54, 1.807) is 12.1 Å². The SMILES string of the molecule is O=C(NC1CCS(=O)CC1)Oc1ccccc1. The Bertz CT molecular complexity index is 397. The maximum atomic E-state index is 11.6. The van der Waals surface area contributed by atoms with E-state index in [9.17, 15) is 9.00 Å². The highest BCUT2D eigenvalue weighted by Gasteiger charge is 2.20. The Morgan fingerprint density at radius 3 is 2.53 bits per heavy atom. The van der Waals surface area contributed by atoms with Crippen molar-refractivity contribution in [2.24, 2.45) is 0 Å². The van der Waals surface area contributed by atoms with Crippen molar-refractivity contribution in [2.75, 3.05) is 11.5 Å². The number of para-hydroxylation sites is 1. The van der Waals surface area contributed by atoms with Crippen molar-refractivity contribution in [3.8, 4) is 5.75 Å². The van der Waals surface area contributed by atoms with Crippen LogP contribution in [0.4, 0.5) is 4.79 Å². The molecule has 1 fully saturated rings. The molecule has 92 valence electrons. The molecule has 1 aliphatic rings.